The minimum absolute atomic E-state index is 0.291. The molecule has 0 aliphatic heterocycles. The molecule has 0 aliphatic rings. The second-order valence-corrected chi connectivity index (χ2v) is 5.23. The van der Waals surface area contributed by atoms with Crippen LogP contribution in [0.4, 0.5) is 0 Å². The Morgan fingerprint density at radius 1 is 1.19 bits per heavy atom. The van der Waals surface area contributed by atoms with E-state index in [4.69, 9.17) is 4.74 Å². The van der Waals surface area contributed by atoms with Gasteiger partial charge in [0.2, 0.25) is 0 Å². The van der Waals surface area contributed by atoms with Gasteiger partial charge in [0.25, 0.3) is 0 Å². The topological polar surface area (TPSA) is 34.1 Å². The molecule has 0 saturated heterocycles. The molecule has 0 bridgehead atoms. The van der Waals surface area contributed by atoms with Crippen molar-refractivity contribution in [1.29, 1.82) is 0 Å². The molecule has 0 aliphatic carbocycles. The fraction of sp³-hybridized carbons (Fsp3) is 0.389. The van der Waals surface area contributed by atoms with Crippen molar-refractivity contribution in [3.8, 4) is 5.75 Å². The van der Waals surface area contributed by atoms with Crippen molar-refractivity contribution < 1.29 is 4.74 Å². The smallest absolute Gasteiger partial charge is 0.119 e. The molecule has 0 radical (unpaired) electrons. The van der Waals surface area contributed by atoms with Crippen LogP contribution in [0.25, 0.3) is 0 Å². The summed E-state index contributed by atoms with van der Waals surface area (Å²) in [6.45, 7) is 5.96. The summed E-state index contributed by atoms with van der Waals surface area (Å²) in [6.07, 6.45) is 5.97. The predicted molar refractivity (Wildman–Crippen MR) is 86.3 cm³/mol. The van der Waals surface area contributed by atoms with Crippen molar-refractivity contribution in [2.75, 3.05) is 6.61 Å². The van der Waals surface area contributed by atoms with E-state index in [1.165, 1.54) is 11.1 Å². The van der Waals surface area contributed by atoms with Crippen molar-refractivity contribution >= 4 is 0 Å². The van der Waals surface area contributed by atoms with Gasteiger partial charge in [-0.3, -0.25) is 4.98 Å². The maximum atomic E-state index is 5.67. The molecule has 1 heterocycles. The number of nitrogens with one attached hydrogen (secondary N) is 1. The minimum Gasteiger partial charge on any atom is -0.494 e. The summed E-state index contributed by atoms with van der Waals surface area (Å²) in [5.74, 6) is 0.951. The number of pyridine rings is 1. The molecule has 1 aromatic carbocycles. The second-order valence-electron chi connectivity index (χ2n) is 5.23. The van der Waals surface area contributed by atoms with E-state index in [1.54, 1.807) is 6.20 Å². The van der Waals surface area contributed by atoms with Crippen LogP contribution in [0.3, 0.4) is 0 Å². The van der Waals surface area contributed by atoms with Crippen LogP contribution in [-0.4, -0.2) is 11.6 Å². The van der Waals surface area contributed by atoms with Gasteiger partial charge in [0.15, 0.2) is 0 Å². The SMILES string of the molecule is CCCCOc1ccc(CN[C@@H](C)c2cccnc2)cc1. The number of unbranched alkanes of at least 4 members (excludes halogenated alkanes) is 1. The summed E-state index contributed by atoms with van der Waals surface area (Å²) in [7, 11) is 0. The average Bonchev–Trinajstić information content (AvgIpc) is 2.55. The largest absolute Gasteiger partial charge is 0.494 e. The molecule has 0 saturated carbocycles. The molecule has 3 nitrogen and oxygen atoms in total. The van der Waals surface area contributed by atoms with Crippen molar-refractivity contribution in [2.24, 2.45) is 0 Å². The lowest BCUT2D eigenvalue weighted by Crippen LogP contribution is -2.18. The van der Waals surface area contributed by atoms with Crippen LogP contribution >= 0.6 is 0 Å². The van der Waals surface area contributed by atoms with Crippen molar-refractivity contribution in [2.45, 2.75) is 39.3 Å². The fourth-order valence-corrected chi connectivity index (χ4v) is 2.06. The number of hydrogen-bond donors (Lipinski definition) is 1. The van der Waals surface area contributed by atoms with Crippen molar-refractivity contribution in [3.05, 3.63) is 59.9 Å². The van der Waals surface area contributed by atoms with E-state index in [9.17, 15) is 0 Å². The Bertz CT molecular complexity index is 511. The Kier molecular flexibility index (Phi) is 6.22. The van der Waals surface area contributed by atoms with Gasteiger partial charge >= 0.3 is 0 Å². The number of rotatable bonds is 8. The molecular weight excluding hydrogens is 260 g/mol. The lowest BCUT2D eigenvalue weighted by Gasteiger charge is -2.14. The number of ether oxygens (including phenoxy) is 1. The van der Waals surface area contributed by atoms with E-state index in [0.29, 0.717) is 6.04 Å². The van der Waals surface area contributed by atoms with Crippen LogP contribution in [0.15, 0.2) is 48.8 Å². The molecular formula is C18H24N2O. The first kappa shape index (κ1) is 15.5. The number of benzene rings is 1. The molecule has 2 rings (SSSR count). The number of nitrogens with zero attached hydrogens (tertiary/aromatic N) is 1. The summed E-state index contributed by atoms with van der Waals surface area (Å²) in [6, 6.07) is 12.7. The molecule has 112 valence electrons. The van der Waals surface area contributed by atoms with Crippen LogP contribution in [-0.2, 0) is 6.54 Å². The van der Waals surface area contributed by atoms with Crippen LogP contribution in [0.2, 0.25) is 0 Å². The van der Waals surface area contributed by atoms with E-state index >= 15 is 0 Å². The van der Waals surface area contributed by atoms with E-state index in [-0.39, 0.29) is 0 Å². The van der Waals surface area contributed by atoms with Crippen LogP contribution in [0, 0.1) is 0 Å². The van der Waals surface area contributed by atoms with Crippen molar-refractivity contribution in [1.82, 2.24) is 10.3 Å². The van der Waals surface area contributed by atoms with Gasteiger partial charge in [-0.25, -0.2) is 0 Å². The minimum atomic E-state index is 0.291. The van der Waals surface area contributed by atoms with E-state index < -0.39 is 0 Å². The lowest BCUT2D eigenvalue weighted by molar-refractivity contribution is 0.309. The van der Waals surface area contributed by atoms with Gasteiger partial charge < -0.3 is 10.1 Å². The Hall–Kier alpha value is -1.87. The summed E-state index contributed by atoms with van der Waals surface area (Å²) in [5, 5.41) is 3.51. The molecule has 1 aromatic heterocycles. The van der Waals surface area contributed by atoms with Crippen LogP contribution in [0.5, 0.6) is 5.75 Å². The van der Waals surface area contributed by atoms with E-state index in [2.05, 4.69) is 42.3 Å². The Labute approximate surface area is 127 Å². The predicted octanol–water partition coefficient (Wildman–Crippen LogP) is 4.11. The molecule has 1 atom stereocenters. The third-order valence-corrected chi connectivity index (χ3v) is 3.49. The lowest BCUT2D eigenvalue weighted by atomic mass is 10.1. The Morgan fingerprint density at radius 3 is 2.67 bits per heavy atom. The molecule has 3 heteroatoms. The third kappa shape index (κ3) is 5.20. The highest BCUT2D eigenvalue weighted by Gasteiger charge is 2.04. The monoisotopic (exact) mass is 284 g/mol. The summed E-state index contributed by atoms with van der Waals surface area (Å²) < 4.78 is 5.67. The quantitative estimate of drug-likeness (QED) is 0.741. The van der Waals surface area contributed by atoms with Crippen molar-refractivity contribution in [3.63, 3.8) is 0 Å². The molecule has 2 aromatic rings. The van der Waals surface area contributed by atoms with Gasteiger partial charge in [0.1, 0.15) is 5.75 Å². The molecule has 1 N–H and O–H groups in total. The van der Waals surface area contributed by atoms with Gasteiger partial charge in [-0.1, -0.05) is 31.5 Å². The van der Waals surface area contributed by atoms with E-state index in [0.717, 1.165) is 31.7 Å². The molecule has 21 heavy (non-hydrogen) atoms. The van der Waals surface area contributed by atoms with Gasteiger partial charge in [-0.2, -0.15) is 0 Å². The zero-order chi connectivity index (χ0) is 14.9. The summed E-state index contributed by atoms with van der Waals surface area (Å²) >= 11 is 0. The van der Waals surface area contributed by atoms with Crippen LogP contribution < -0.4 is 10.1 Å². The highest BCUT2D eigenvalue weighted by atomic mass is 16.5. The van der Waals surface area contributed by atoms with Gasteiger partial charge in [0.05, 0.1) is 6.61 Å². The zero-order valence-corrected chi connectivity index (χ0v) is 12.9. The Morgan fingerprint density at radius 2 is 2.00 bits per heavy atom. The zero-order valence-electron chi connectivity index (χ0n) is 12.9. The van der Waals surface area contributed by atoms with Gasteiger partial charge in [-0.15, -0.1) is 0 Å². The Balaban J connectivity index is 1.80. The summed E-state index contributed by atoms with van der Waals surface area (Å²) in [4.78, 5) is 4.15. The third-order valence-electron chi connectivity index (χ3n) is 3.49. The molecule has 0 amide bonds. The normalized spacial score (nSPS) is 12.1. The highest BCUT2D eigenvalue weighted by molar-refractivity contribution is 5.27. The summed E-state index contributed by atoms with van der Waals surface area (Å²) in [5.41, 5.74) is 2.46. The number of hydrogen-bond acceptors (Lipinski definition) is 3. The van der Waals surface area contributed by atoms with Crippen LogP contribution in [0.1, 0.15) is 43.9 Å². The first-order chi connectivity index (χ1) is 10.3. The maximum absolute atomic E-state index is 5.67. The number of aromatic nitrogens is 1. The fourth-order valence-electron chi connectivity index (χ4n) is 2.06. The second kappa shape index (κ2) is 8.42. The van der Waals surface area contributed by atoms with E-state index in [1.807, 2.05) is 24.4 Å². The highest BCUT2D eigenvalue weighted by Crippen LogP contribution is 2.15. The molecule has 0 unspecified atom stereocenters. The van der Waals surface area contributed by atoms with Gasteiger partial charge in [-0.05, 0) is 42.7 Å². The standard InChI is InChI=1S/C18H24N2O/c1-3-4-12-21-18-9-7-16(8-10-18)13-20-15(2)17-6-5-11-19-14-17/h5-11,14-15,20H,3-4,12-13H2,1-2H3/t15-/m0/s1. The molecule has 0 spiro atoms. The maximum Gasteiger partial charge on any atom is 0.119 e. The average molecular weight is 284 g/mol. The van der Waals surface area contributed by atoms with Gasteiger partial charge in [0, 0.05) is 25.0 Å². The first-order valence-electron chi connectivity index (χ1n) is 7.64. The molecule has 0 fully saturated rings. The first-order valence-corrected chi connectivity index (χ1v) is 7.64.